The highest BCUT2D eigenvalue weighted by atomic mass is 16.5. The minimum Gasteiger partial charge on any atom is -0.461 e. The highest BCUT2D eigenvalue weighted by molar-refractivity contribution is 6.22. The average molecular weight is 238 g/mol. The molecule has 0 saturated carbocycles. The van der Waals surface area contributed by atoms with E-state index in [1.165, 1.54) is 0 Å². The van der Waals surface area contributed by atoms with E-state index in [2.05, 4.69) is 16.6 Å². The van der Waals surface area contributed by atoms with Crippen LogP contribution in [0.15, 0.2) is 24.8 Å². The molecule has 0 aromatic heterocycles. The van der Waals surface area contributed by atoms with E-state index in [1.54, 1.807) is 0 Å². The number of esters is 1. The topological polar surface area (TPSA) is 92.8 Å². The highest BCUT2D eigenvalue weighted by Gasteiger charge is 2.29. The van der Waals surface area contributed by atoms with Gasteiger partial charge in [0.15, 0.2) is 0 Å². The molecule has 0 bridgehead atoms. The van der Waals surface area contributed by atoms with Gasteiger partial charge < -0.3 is 10.1 Å². The molecule has 0 atom stereocenters. The largest absolute Gasteiger partial charge is 0.461 e. The van der Waals surface area contributed by atoms with E-state index in [9.17, 15) is 19.2 Å². The Hall–Kier alpha value is -2.44. The third kappa shape index (κ3) is 3.26. The van der Waals surface area contributed by atoms with E-state index in [4.69, 9.17) is 0 Å². The molecule has 0 radical (unpaired) electrons. The number of rotatable bonds is 4. The van der Waals surface area contributed by atoms with Crippen LogP contribution in [0.4, 0.5) is 4.79 Å². The second-order valence-corrected chi connectivity index (χ2v) is 2.95. The Morgan fingerprint density at radius 1 is 1.35 bits per heavy atom. The van der Waals surface area contributed by atoms with Crippen LogP contribution in [0.5, 0.6) is 0 Å². The SMILES string of the molecule is C=CC(=O)OCCNC(=O)N1C(=O)C=CC1=O. The molecule has 7 heteroatoms. The van der Waals surface area contributed by atoms with Crippen LogP contribution < -0.4 is 5.32 Å². The van der Waals surface area contributed by atoms with E-state index < -0.39 is 23.8 Å². The molecule has 1 aliphatic heterocycles. The first-order valence-corrected chi connectivity index (χ1v) is 4.69. The van der Waals surface area contributed by atoms with Crippen molar-refractivity contribution in [3.05, 3.63) is 24.8 Å². The number of nitrogens with zero attached hydrogens (tertiary/aromatic N) is 1. The van der Waals surface area contributed by atoms with Crippen LogP contribution in [0, 0.1) is 0 Å². The van der Waals surface area contributed by atoms with E-state index in [0.29, 0.717) is 4.90 Å². The van der Waals surface area contributed by atoms with Gasteiger partial charge in [0.05, 0.1) is 6.54 Å². The Balaban J connectivity index is 2.31. The molecule has 17 heavy (non-hydrogen) atoms. The van der Waals surface area contributed by atoms with E-state index in [1.807, 2.05) is 0 Å². The maximum absolute atomic E-state index is 11.4. The predicted octanol–water partition coefficient (Wildman–Crippen LogP) is -0.650. The van der Waals surface area contributed by atoms with Crippen molar-refractivity contribution in [3.8, 4) is 0 Å². The van der Waals surface area contributed by atoms with Gasteiger partial charge in [0.25, 0.3) is 11.8 Å². The molecule has 0 aromatic carbocycles. The van der Waals surface area contributed by atoms with Gasteiger partial charge in [0.2, 0.25) is 0 Å². The van der Waals surface area contributed by atoms with Gasteiger partial charge in [0, 0.05) is 18.2 Å². The zero-order valence-electron chi connectivity index (χ0n) is 8.84. The Morgan fingerprint density at radius 2 is 1.94 bits per heavy atom. The first kappa shape index (κ1) is 12.6. The van der Waals surface area contributed by atoms with Crippen molar-refractivity contribution in [2.24, 2.45) is 0 Å². The molecule has 0 saturated heterocycles. The molecule has 0 aromatic rings. The number of carbonyl (C=O) groups is 4. The van der Waals surface area contributed by atoms with Crippen molar-refractivity contribution < 1.29 is 23.9 Å². The van der Waals surface area contributed by atoms with Crippen LogP contribution in [0.2, 0.25) is 0 Å². The van der Waals surface area contributed by atoms with Crippen molar-refractivity contribution in [2.75, 3.05) is 13.2 Å². The fraction of sp³-hybridized carbons (Fsp3) is 0.200. The molecule has 4 amide bonds. The van der Waals surface area contributed by atoms with Gasteiger partial charge in [-0.05, 0) is 0 Å². The van der Waals surface area contributed by atoms with Crippen LogP contribution >= 0.6 is 0 Å². The molecule has 1 aliphatic rings. The van der Waals surface area contributed by atoms with Crippen LogP contribution in [-0.4, -0.2) is 41.9 Å². The van der Waals surface area contributed by atoms with Crippen LogP contribution in [0.25, 0.3) is 0 Å². The number of imide groups is 3. The van der Waals surface area contributed by atoms with Gasteiger partial charge in [0.1, 0.15) is 6.61 Å². The predicted molar refractivity (Wildman–Crippen MR) is 55.5 cm³/mol. The second kappa shape index (κ2) is 5.59. The summed E-state index contributed by atoms with van der Waals surface area (Å²) in [6.07, 6.45) is 2.98. The molecule has 0 spiro atoms. The number of urea groups is 1. The number of carbonyl (C=O) groups excluding carboxylic acids is 4. The fourth-order valence-electron chi connectivity index (χ4n) is 1.05. The molecule has 1 heterocycles. The van der Waals surface area contributed by atoms with Crippen molar-refractivity contribution in [1.29, 1.82) is 0 Å². The van der Waals surface area contributed by atoms with Gasteiger partial charge in [-0.25, -0.2) is 9.59 Å². The molecular weight excluding hydrogens is 228 g/mol. The standard InChI is InChI=1S/C10H10N2O5/c1-2-9(15)17-6-5-11-10(16)12-7(13)3-4-8(12)14/h2-4H,1,5-6H2,(H,11,16). The van der Waals surface area contributed by atoms with E-state index in [-0.39, 0.29) is 13.2 Å². The molecule has 90 valence electrons. The van der Waals surface area contributed by atoms with Gasteiger partial charge in [-0.1, -0.05) is 6.58 Å². The third-order valence-electron chi connectivity index (χ3n) is 1.80. The molecule has 0 fully saturated rings. The van der Waals surface area contributed by atoms with Crippen LogP contribution in [0.1, 0.15) is 0 Å². The molecule has 1 N–H and O–H groups in total. The van der Waals surface area contributed by atoms with Crippen molar-refractivity contribution in [1.82, 2.24) is 10.2 Å². The summed E-state index contributed by atoms with van der Waals surface area (Å²) in [7, 11) is 0. The fourth-order valence-corrected chi connectivity index (χ4v) is 1.05. The Morgan fingerprint density at radius 3 is 2.47 bits per heavy atom. The minimum atomic E-state index is -0.848. The number of nitrogens with one attached hydrogen (secondary N) is 1. The summed E-state index contributed by atoms with van der Waals surface area (Å²) in [6, 6.07) is -0.848. The van der Waals surface area contributed by atoms with Gasteiger partial charge in [-0.3, -0.25) is 9.59 Å². The quantitative estimate of drug-likeness (QED) is 0.304. The molecular formula is C10H10N2O5. The number of hydrogen-bond donors (Lipinski definition) is 1. The Bertz CT molecular complexity index is 395. The van der Waals surface area contributed by atoms with E-state index >= 15 is 0 Å². The van der Waals surface area contributed by atoms with Gasteiger partial charge in [-0.15, -0.1) is 0 Å². The molecule has 1 rings (SSSR count). The summed E-state index contributed by atoms with van der Waals surface area (Å²) in [6.45, 7) is 3.12. The number of hydrogen-bond acceptors (Lipinski definition) is 5. The lowest BCUT2D eigenvalue weighted by Gasteiger charge is -2.12. The number of ether oxygens (including phenoxy) is 1. The molecule has 0 unspecified atom stereocenters. The monoisotopic (exact) mass is 238 g/mol. The summed E-state index contributed by atoms with van der Waals surface area (Å²) >= 11 is 0. The maximum atomic E-state index is 11.4. The first-order valence-electron chi connectivity index (χ1n) is 4.69. The second-order valence-electron chi connectivity index (χ2n) is 2.95. The minimum absolute atomic E-state index is 0.00449. The van der Waals surface area contributed by atoms with Crippen molar-refractivity contribution >= 4 is 23.8 Å². The summed E-state index contributed by atoms with van der Waals surface area (Å²) in [5, 5.41) is 2.26. The smallest absolute Gasteiger partial charge is 0.331 e. The highest BCUT2D eigenvalue weighted by Crippen LogP contribution is 2.02. The first-order chi connectivity index (χ1) is 8.06. The zero-order chi connectivity index (χ0) is 12.8. The third-order valence-corrected chi connectivity index (χ3v) is 1.80. The summed E-state index contributed by atoms with van der Waals surface area (Å²) in [5.74, 6) is -2.01. The lowest BCUT2D eigenvalue weighted by molar-refractivity contribution is -0.138. The summed E-state index contributed by atoms with van der Waals surface area (Å²) in [4.78, 5) is 44.6. The van der Waals surface area contributed by atoms with Crippen molar-refractivity contribution in [3.63, 3.8) is 0 Å². The van der Waals surface area contributed by atoms with Gasteiger partial charge >= 0.3 is 12.0 Å². The average Bonchev–Trinajstić information content (AvgIpc) is 2.64. The van der Waals surface area contributed by atoms with Crippen molar-refractivity contribution in [2.45, 2.75) is 0 Å². The normalized spacial score (nSPS) is 13.8. The number of amides is 4. The summed E-state index contributed by atoms with van der Waals surface area (Å²) < 4.78 is 4.58. The van der Waals surface area contributed by atoms with E-state index in [0.717, 1.165) is 18.2 Å². The Kier molecular flexibility index (Phi) is 4.15. The van der Waals surface area contributed by atoms with Crippen LogP contribution in [0.3, 0.4) is 0 Å². The maximum Gasteiger partial charge on any atom is 0.331 e. The van der Waals surface area contributed by atoms with Gasteiger partial charge in [-0.2, -0.15) is 4.90 Å². The molecule has 7 nitrogen and oxygen atoms in total. The summed E-state index contributed by atoms with van der Waals surface area (Å²) in [5.41, 5.74) is 0. The lowest BCUT2D eigenvalue weighted by atomic mass is 10.6. The zero-order valence-corrected chi connectivity index (χ0v) is 8.84. The molecule has 0 aliphatic carbocycles. The lowest BCUT2D eigenvalue weighted by Crippen LogP contribution is -2.44. The Labute approximate surface area is 96.7 Å². The van der Waals surface area contributed by atoms with Crippen LogP contribution in [-0.2, 0) is 19.1 Å².